The van der Waals surface area contributed by atoms with Crippen molar-refractivity contribution in [3.05, 3.63) is 41.9 Å². The highest BCUT2D eigenvalue weighted by Crippen LogP contribution is 2.56. The minimum atomic E-state index is -0.694. The third-order valence-electron chi connectivity index (χ3n) is 6.47. The lowest BCUT2D eigenvalue weighted by atomic mass is 9.87. The zero-order valence-electron chi connectivity index (χ0n) is 20.6. The van der Waals surface area contributed by atoms with Crippen LogP contribution in [0.15, 0.2) is 29.9 Å². The van der Waals surface area contributed by atoms with Crippen LogP contribution in [0.2, 0.25) is 0 Å². The average molecular weight is 456 g/mol. The number of ether oxygens (including phenoxy) is 1. The van der Waals surface area contributed by atoms with Crippen LogP contribution in [0.1, 0.15) is 75.6 Å². The summed E-state index contributed by atoms with van der Waals surface area (Å²) in [6.07, 6.45) is 7.14. The van der Waals surface area contributed by atoms with Crippen molar-refractivity contribution in [2.45, 2.75) is 72.4 Å². The topological polar surface area (TPSA) is 112 Å². The molecule has 1 aromatic heterocycles. The van der Waals surface area contributed by atoms with E-state index in [9.17, 15) is 9.59 Å². The van der Waals surface area contributed by atoms with E-state index in [-0.39, 0.29) is 23.8 Å². The number of carbonyl (C=O) groups excluding carboxylic acids is 2. The Labute approximate surface area is 196 Å². The van der Waals surface area contributed by atoms with Gasteiger partial charge in [0.1, 0.15) is 12.6 Å². The van der Waals surface area contributed by atoms with Crippen molar-refractivity contribution in [2.75, 3.05) is 6.61 Å². The van der Waals surface area contributed by atoms with E-state index in [1.54, 1.807) is 17.0 Å². The Hall–Kier alpha value is -2.74. The monoisotopic (exact) mass is 455 g/mol. The molecule has 0 aromatic carbocycles. The fourth-order valence-corrected chi connectivity index (χ4v) is 4.09. The van der Waals surface area contributed by atoms with Crippen molar-refractivity contribution < 1.29 is 14.3 Å². The predicted molar refractivity (Wildman–Crippen MR) is 129 cm³/mol. The lowest BCUT2D eigenvalue weighted by Crippen LogP contribution is -2.48. The van der Waals surface area contributed by atoms with Gasteiger partial charge in [0.15, 0.2) is 11.5 Å². The van der Waals surface area contributed by atoms with E-state index in [4.69, 9.17) is 10.5 Å². The lowest BCUT2D eigenvalue weighted by Gasteiger charge is -2.31. The lowest BCUT2D eigenvalue weighted by molar-refractivity contribution is -0.147. The molecule has 0 aliphatic heterocycles. The van der Waals surface area contributed by atoms with Crippen molar-refractivity contribution in [1.82, 2.24) is 15.1 Å². The van der Waals surface area contributed by atoms with E-state index in [1.807, 2.05) is 47.6 Å². The molecule has 0 radical (unpaired) electrons. The third kappa shape index (κ3) is 5.27. The van der Waals surface area contributed by atoms with Gasteiger partial charge in [0.05, 0.1) is 11.7 Å². The number of nitrogens with two attached hydrogens (primary N) is 1. The Balaban J connectivity index is 1.83. The molecule has 2 aliphatic rings. The number of aromatic nitrogens is 2. The van der Waals surface area contributed by atoms with E-state index in [2.05, 4.69) is 22.0 Å². The molecule has 33 heavy (non-hydrogen) atoms. The summed E-state index contributed by atoms with van der Waals surface area (Å²) in [6.45, 7) is 15.5. The number of carbonyl (C=O) groups is 2. The molecule has 0 bridgehead atoms. The zero-order chi connectivity index (χ0) is 24.5. The maximum absolute atomic E-state index is 13.4. The molecular weight excluding hydrogens is 418 g/mol. The van der Waals surface area contributed by atoms with E-state index in [0.29, 0.717) is 23.4 Å². The van der Waals surface area contributed by atoms with Gasteiger partial charge in [-0.15, -0.1) is 0 Å². The van der Waals surface area contributed by atoms with E-state index in [0.717, 1.165) is 24.1 Å². The quantitative estimate of drug-likeness (QED) is 0.355. The average Bonchev–Trinajstić information content (AvgIpc) is 3.25. The van der Waals surface area contributed by atoms with E-state index in [1.165, 1.54) is 0 Å². The van der Waals surface area contributed by atoms with Crippen molar-refractivity contribution in [2.24, 2.45) is 28.0 Å². The molecule has 2 aliphatic carbocycles. The van der Waals surface area contributed by atoms with E-state index >= 15 is 0 Å². The van der Waals surface area contributed by atoms with Gasteiger partial charge in [-0.1, -0.05) is 47.3 Å². The highest BCUT2D eigenvalue weighted by atomic mass is 16.5. The molecule has 0 spiro atoms. The van der Waals surface area contributed by atoms with Crippen LogP contribution in [-0.2, 0) is 16.0 Å². The summed E-state index contributed by atoms with van der Waals surface area (Å²) in [5.41, 5.74) is 8.02. The Bertz CT molecular complexity index is 983. The van der Waals surface area contributed by atoms with Gasteiger partial charge in [0, 0.05) is 17.7 Å². The van der Waals surface area contributed by atoms with Gasteiger partial charge in [-0.25, -0.2) is 9.67 Å². The van der Waals surface area contributed by atoms with Crippen LogP contribution >= 0.6 is 0 Å². The molecule has 1 aromatic rings. The number of hydrogen-bond donors (Lipinski definition) is 2. The third-order valence-corrected chi connectivity index (χ3v) is 6.47. The van der Waals surface area contributed by atoms with Gasteiger partial charge in [0.2, 0.25) is 0 Å². The van der Waals surface area contributed by atoms with Gasteiger partial charge in [-0.05, 0) is 43.1 Å². The summed E-state index contributed by atoms with van der Waals surface area (Å²) in [5, 5.41) is 7.71. The molecule has 1 heterocycles. The van der Waals surface area contributed by atoms with Crippen LogP contribution in [0.5, 0.6) is 0 Å². The summed E-state index contributed by atoms with van der Waals surface area (Å²) < 4.78 is 7.23. The SMILES string of the molecule is C=C/C(=N\C=C/C)n1nc(C(=O)N[C@H](COC(=O)[C@@H](N)C(C)C)C(C)(C)C)c2c1[C@H]1C[C@H]1C2. The number of fused-ring (bicyclic) bond motifs is 3. The number of nitrogens with one attached hydrogen (secondary N) is 1. The number of allylic oxidation sites excluding steroid dienone is 2. The van der Waals surface area contributed by atoms with Crippen LogP contribution in [0, 0.1) is 17.3 Å². The first-order valence-electron chi connectivity index (χ1n) is 11.7. The maximum Gasteiger partial charge on any atom is 0.323 e. The van der Waals surface area contributed by atoms with Gasteiger partial charge in [-0.2, -0.15) is 5.10 Å². The Morgan fingerprint density at radius 2 is 2.09 bits per heavy atom. The maximum atomic E-state index is 13.4. The second kappa shape index (κ2) is 9.63. The molecule has 1 fully saturated rings. The smallest absolute Gasteiger partial charge is 0.323 e. The first-order chi connectivity index (χ1) is 15.5. The minimum Gasteiger partial charge on any atom is -0.462 e. The molecule has 1 saturated carbocycles. The number of esters is 1. The minimum absolute atomic E-state index is 0.0264. The fourth-order valence-electron chi connectivity index (χ4n) is 4.09. The number of aliphatic imine (C=N–C) groups is 1. The summed E-state index contributed by atoms with van der Waals surface area (Å²) in [4.78, 5) is 30.1. The molecule has 3 rings (SSSR count). The van der Waals surface area contributed by atoms with Crippen LogP contribution in [-0.4, -0.2) is 46.2 Å². The van der Waals surface area contributed by atoms with E-state index < -0.39 is 18.1 Å². The molecule has 8 nitrogen and oxygen atoms in total. The van der Waals surface area contributed by atoms with Crippen LogP contribution in [0.4, 0.5) is 0 Å². The van der Waals surface area contributed by atoms with Crippen molar-refractivity contribution in [1.29, 1.82) is 0 Å². The number of amides is 1. The van der Waals surface area contributed by atoms with Gasteiger partial charge in [0.25, 0.3) is 5.91 Å². The van der Waals surface area contributed by atoms with Crippen molar-refractivity contribution in [3.63, 3.8) is 0 Å². The van der Waals surface area contributed by atoms with Crippen LogP contribution in [0.25, 0.3) is 0 Å². The summed E-state index contributed by atoms with van der Waals surface area (Å²) >= 11 is 0. The number of nitrogens with zero attached hydrogens (tertiary/aromatic N) is 3. The van der Waals surface area contributed by atoms with Crippen LogP contribution < -0.4 is 11.1 Å². The van der Waals surface area contributed by atoms with Crippen molar-refractivity contribution >= 4 is 17.7 Å². The summed E-state index contributed by atoms with van der Waals surface area (Å²) in [7, 11) is 0. The summed E-state index contributed by atoms with van der Waals surface area (Å²) in [6, 6.07) is -1.10. The Kier molecular flexibility index (Phi) is 7.26. The molecule has 4 atom stereocenters. The molecule has 180 valence electrons. The second-order valence-electron chi connectivity index (χ2n) is 10.4. The van der Waals surface area contributed by atoms with Crippen molar-refractivity contribution in [3.8, 4) is 0 Å². The molecule has 1 amide bonds. The highest BCUT2D eigenvalue weighted by molar-refractivity contribution is 5.99. The molecule has 0 unspecified atom stereocenters. The molecule has 3 N–H and O–H groups in total. The highest BCUT2D eigenvalue weighted by Gasteiger charge is 2.50. The van der Waals surface area contributed by atoms with Crippen LogP contribution in [0.3, 0.4) is 0 Å². The first-order valence-corrected chi connectivity index (χ1v) is 11.7. The second-order valence-corrected chi connectivity index (χ2v) is 10.4. The Morgan fingerprint density at radius 1 is 1.39 bits per heavy atom. The van der Waals surface area contributed by atoms with Gasteiger partial charge in [-0.3, -0.25) is 9.59 Å². The zero-order valence-corrected chi connectivity index (χ0v) is 20.6. The Morgan fingerprint density at radius 3 is 2.67 bits per heavy atom. The van der Waals surface area contributed by atoms with Gasteiger partial charge >= 0.3 is 5.97 Å². The van der Waals surface area contributed by atoms with Gasteiger partial charge < -0.3 is 15.8 Å². The number of hydrogen-bond acceptors (Lipinski definition) is 6. The molecular formula is C25H37N5O3. The normalized spacial score (nSPS) is 21.5. The fraction of sp³-hybridized carbons (Fsp3) is 0.600. The predicted octanol–water partition coefficient (Wildman–Crippen LogP) is 3.18. The largest absolute Gasteiger partial charge is 0.462 e. The first kappa shape index (κ1) is 24.9. The number of rotatable bonds is 8. The molecule has 8 heteroatoms. The molecule has 0 saturated heterocycles. The standard InChI is InChI=1S/C25H37N5O3/c1-8-10-27-19(9-2)30-22-16-11-15(16)12-17(22)21(29-30)23(31)28-18(25(5,6)7)13-33-24(32)20(26)14(3)4/h8-10,14-16,18,20H,2,11-13,26H2,1,3-7H3,(H,28,31)/b10-8-,27-19+/t15-,16-,18+,20-/m0/s1. The summed E-state index contributed by atoms with van der Waals surface area (Å²) in [5.74, 6) is 0.822.